The summed E-state index contributed by atoms with van der Waals surface area (Å²) in [5, 5.41) is 0. The summed E-state index contributed by atoms with van der Waals surface area (Å²) in [4.78, 5) is 0. The maximum absolute atomic E-state index is 5.82. The van der Waals surface area contributed by atoms with Crippen molar-refractivity contribution in [3.05, 3.63) is 76.7 Å². The number of benzene rings is 2. The van der Waals surface area contributed by atoms with Gasteiger partial charge < -0.3 is 4.74 Å². The summed E-state index contributed by atoms with van der Waals surface area (Å²) in [5.41, 5.74) is 5.30. The van der Waals surface area contributed by atoms with Gasteiger partial charge in [-0.05, 0) is 22.1 Å². The van der Waals surface area contributed by atoms with Crippen molar-refractivity contribution in [1.82, 2.24) is 0 Å². The molecule has 0 aliphatic rings. The minimum Gasteiger partial charge on any atom is -0.372 e. The van der Waals surface area contributed by atoms with Gasteiger partial charge >= 0.3 is 0 Å². The zero-order valence-corrected chi connectivity index (χ0v) is 17.9. The first-order chi connectivity index (χ1) is 10.4. The molecule has 0 saturated carbocycles. The second kappa shape index (κ2) is 9.01. The second-order valence-corrected chi connectivity index (χ2v) is 7.14. The molecule has 0 spiro atoms. The van der Waals surface area contributed by atoms with Crippen LogP contribution in [0.15, 0.2) is 48.5 Å². The molecule has 23 heavy (non-hydrogen) atoms. The summed E-state index contributed by atoms with van der Waals surface area (Å²) < 4.78 is 5.82. The molecule has 2 aromatic rings. The van der Waals surface area contributed by atoms with Crippen LogP contribution in [0.25, 0.3) is 0 Å². The van der Waals surface area contributed by atoms with Crippen LogP contribution >= 0.6 is 0 Å². The Bertz CT molecular complexity index is 577. The Kier molecular flexibility index (Phi) is 8.00. The van der Waals surface area contributed by atoms with Crippen LogP contribution < -0.4 is 0 Å². The Morgan fingerprint density at radius 3 is 1.61 bits per heavy atom. The van der Waals surface area contributed by atoms with Gasteiger partial charge in [-0.15, -0.1) is 12.1 Å². The quantitative estimate of drug-likeness (QED) is 0.605. The van der Waals surface area contributed by atoms with Gasteiger partial charge in [-0.1, -0.05) is 58.9 Å². The predicted octanol–water partition coefficient (Wildman–Crippen LogP) is 5.66. The van der Waals surface area contributed by atoms with E-state index in [1.165, 1.54) is 28.2 Å². The molecule has 0 aliphatic carbocycles. The second-order valence-electron chi connectivity index (χ2n) is 7.14. The van der Waals surface area contributed by atoms with Crippen molar-refractivity contribution in [2.75, 3.05) is 0 Å². The molecule has 0 fully saturated rings. The number of hydrogen-bond acceptors (Lipinski definition) is 1. The molecule has 2 rings (SSSR count). The van der Waals surface area contributed by atoms with Crippen LogP contribution in [0.1, 0.15) is 56.9 Å². The Labute approximate surface area is 166 Å². The average molecular weight is 384 g/mol. The van der Waals surface area contributed by atoms with Gasteiger partial charge in [0.05, 0.1) is 13.2 Å². The first-order valence-corrected chi connectivity index (χ1v) is 7.93. The van der Waals surface area contributed by atoms with E-state index in [9.17, 15) is 0 Å². The molecule has 0 aliphatic heterocycles. The van der Waals surface area contributed by atoms with Crippen molar-refractivity contribution in [2.24, 2.45) is 0 Å². The van der Waals surface area contributed by atoms with Crippen LogP contribution in [0.5, 0.6) is 0 Å². The fourth-order valence-electron chi connectivity index (χ4n) is 2.32. The normalized spacial score (nSPS) is 11.0. The van der Waals surface area contributed by atoms with Crippen LogP contribution in [0.3, 0.4) is 0 Å². The summed E-state index contributed by atoms with van der Waals surface area (Å²) in [6, 6.07) is 17.3. The van der Waals surface area contributed by atoms with Crippen LogP contribution in [-0.2, 0) is 56.1 Å². The van der Waals surface area contributed by atoms with Crippen LogP contribution in [0, 0.1) is 5.92 Å². The molecule has 0 atom stereocenters. The van der Waals surface area contributed by atoms with Crippen molar-refractivity contribution < 1.29 is 37.4 Å². The first-order valence-electron chi connectivity index (χ1n) is 7.93. The number of hydrogen-bond donors (Lipinski definition) is 0. The Hall–Kier alpha value is -0.626. The van der Waals surface area contributed by atoms with E-state index < -0.39 is 0 Å². The molecule has 1 nitrogen and oxygen atoms in total. The molecular formula is C21H27OY-. The van der Waals surface area contributed by atoms with Gasteiger partial charge in [0.15, 0.2) is 0 Å². The maximum atomic E-state index is 5.82. The summed E-state index contributed by atoms with van der Waals surface area (Å²) in [6.07, 6.45) is 0. The van der Waals surface area contributed by atoms with Gasteiger partial charge in [-0.25, -0.2) is 0 Å². The van der Waals surface area contributed by atoms with E-state index in [0.717, 1.165) is 0 Å². The summed E-state index contributed by atoms with van der Waals surface area (Å²) in [6.45, 7) is 12.3. The predicted molar refractivity (Wildman–Crippen MR) is 93.8 cm³/mol. The molecule has 0 bridgehead atoms. The average Bonchev–Trinajstić information content (AvgIpc) is 2.47. The van der Waals surface area contributed by atoms with E-state index in [1.54, 1.807) is 0 Å². The van der Waals surface area contributed by atoms with Crippen LogP contribution in [-0.4, -0.2) is 0 Å². The van der Waals surface area contributed by atoms with E-state index in [4.69, 9.17) is 4.74 Å². The molecule has 1 radical (unpaired) electrons. The van der Waals surface area contributed by atoms with E-state index in [1.807, 2.05) is 0 Å². The monoisotopic (exact) mass is 384 g/mol. The van der Waals surface area contributed by atoms with Crippen LogP contribution in [0.2, 0.25) is 0 Å². The summed E-state index contributed by atoms with van der Waals surface area (Å²) >= 11 is 0. The smallest absolute Gasteiger partial charge is 0.0721 e. The zero-order chi connectivity index (χ0) is 16.2. The largest absolute Gasteiger partial charge is 0.372 e. The van der Waals surface area contributed by atoms with Crippen molar-refractivity contribution in [1.29, 1.82) is 0 Å². The molecule has 2 heteroatoms. The summed E-state index contributed by atoms with van der Waals surface area (Å²) in [5.74, 6) is 1.34. The Balaban J connectivity index is 0.00000264. The molecule has 0 saturated heterocycles. The number of ether oxygens (including phenoxy) is 1. The fraction of sp³-hybridized carbons (Fsp3) is 0.381. The van der Waals surface area contributed by atoms with Crippen LogP contribution in [0.4, 0.5) is 0 Å². The van der Waals surface area contributed by atoms with Gasteiger partial charge in [-0.3, -0.25) is 0 Å². The minimum atomic E-state index is 0. The van der Waals surface area contributed by atoms with Crippen molar-refractivity contribution >= 4 is 0 Å². The molecule has 0 N–H and O–H groups in total. The van der Waals surface area contributed by atoms with E-state index in [-0.39, 0.29) is 38.1 Å². The van der Waals surface area contributed by atoms with Gasteiger partial charge in [0.2, 0.25) is 0 Å². The van der Waals surface area contributed by atoms with Crippen molar-refractivity contribution in [3.8, 4) is 0 Å². The minimum absolute atomic E-state index is 0. The standard InChI is InChI=1S/C21H27O.Y/c1-16(2)19-10-6-17(7-11-19)14-22-15-18-8-12-20(13-9-18)21(3,4)5;/h6-13H,14-15H2,1-5H3;/q-1;. The topological polar surface area (TPSA) is 9.23 Å². The van der Waals surface area contributed by atoms with E-state index in [0.29, 0.717) is 13.2 Å². The van der Waals surface area contributed by atoms with Gasteiger partial charge in [0.1, 0.15) is 0 Å². The zero-order valence-electron chi connectivity index (χ0n) is 15.0. The van der Waals surface area contributed by atoms with Crippen molar-refractivity contribution in [2.45, 2.75) is 53.2 Å². The third kappa shape index (κ3) is 6.41. The molecule has 121 valence electrons. The molecular weight excluding hydrogens is 357 g/mol. The molecule has 2 aromatic carbocycles. The Morgan fingerprint density at radius 2 is 1.22 bits per heavy atom. The first kappa shape index (κ1) is 20.4. The van der Waals surface area contributed by atoms with Gasteiger partial charge in [-0.2, -0.15) is 23.6 Å². The van der Waals surface area contributed by atoms with Crippen molar-refractivity contribution in [3.63, 3.8) is 0 Å². The van der Waals surface area contributed by atoms with E-state index >= 15 is 0 Å². The SMILES string of the molecule is C[C-](C)c1ccc(COCc2ccc(C(C)(C)C)cc2)cc1.[Y]. The van der Waals surface area contributed by atoms with Gasteiger partial charge in [0.25, 0.3) is 0 Å². The third-order valence-corrected chi connectivity index (χ3v) is 3.89. The summed E-state index contributed by atoms with van der Waals surface area (Å²) in [7, 11) is 0. The Morgan fingerprint density at radius 1 is 0.783 bits per heavy atom. The molecule has 0 heterocycles. The maximum Gasteiger partial charge on any atom is 0.0721 e. The number of rotatable bonds is 5. The molecule has 0 aromatic heterocycles. The van der Waals surface area contributed by atoms with Gasteiger partial charge in [0, 0.05) is 32.7 Å². The molecule has 0 amide bonds. The fourth-order valence-corrected chi connectivity index (χ4v) is 2.32. The molecule has 0 unspecified atom stereocenters. The van der Waals surface area contributed by atoms with E-state index in [2.05, 4.69) is 83.1 Å². The third-order valence-electron chi connectivity index (χ3n) is 3.89.